The number of fused-ring (bicyclic) bond motifs is 1. The molecule has 17 heteroatoms. The van der Waals surface area contributed by atoms with Crippen molar-refractivity contribution < 1.29 is 37.1 Å². The standard InChI is InChI=1S/C46H65N7O8S2/c1-12-29-23-46(29,40(56)51-63(58,59)45(11)21-22-45)50-37(54)35-27(4)33(24-52(35)39(55)36(43(5,6)7)49-42(57)61-44(8,9)10)60-41-48-34-30(19-16-20-32(34)53(41)26(2)3)38-47-31(25-62-38)28-17-14-13-15-18-28/h12,16,19-20,25-29,33,35-36H,1,13-15,17-18,21-24H2,2-11H3,(H,49,57)(H,50,54)(H,51,56)/t27?,29-,33+,35+,36-,46-/m1/s1. The largest absolute Gasteiger partial charge is 0.459 e. The van der Waals surface area contributed by atoms with Crippen molar-refractivity contribution >= 4 is 56.2 Å². The van der Waals surface area contributed by atoms with Gasteiger partial charge in [-0.3, -0.25) is 23.7 Å². The molecule has 3 saturated carbocycles. The number of aromatic nitrogens is 3. The van der Waals surface area contributed by atoms with Gasteiger partial charge < -0.3 is 25.0 Å². The normalized spacial score (nSPS) is 25.3. The minimum absolute atomic E-state index is 0.0666. The molecular formula is C46H65N7O8S2. The van der Waals surface area contributed by atoms with E-state index in [9.17, 15) is 27.6 Å². The number of carbonyl (C=O) groups is 4. The molecule has 1 aromatic carbocycles. The maximum absolute atomic E-state index is 14.9. The average Bonchev–Trinajstić information content (AvgIpc) is 3.93. The summed E-state index contributed by atoms with van der Waals surface area (Å²) in [6, 6.07) is 3.87. The summed E-state index contributed by atoms with van der Waals surface area (Å²) >= 11 is 1.61. The average molecular weight is 908 g/mol. The lowest BCUT2D eigenvalue weighted by molar-refractivity contribution is -0.143. The zero-order chi connectivity index (χ0) is 46.0. The van der Waals surface area contributed by atoms with E-state index in [1.807, 2.05) is 36.6 Å². The fourth-order valence-corrected chi connectivity index (χ4v) is 11.3. The molecule has 6 atom stereocenters. The van der Waals surface area contributed by atoms with Crippen LogP contribution in [0.1, 0.15) is 138 Å². The van der Waals surface area contributed by atoms with Crippen LogP contribution in [0.15, 0.2) is 36.2 Å². The molecule has 4 fully saturated rings. The first-order valence-electron chi connectivity index (χ1n) is 22.3. The highest BCUT2D eigenvalue weighted by atomic mass is 32.2. The second kappa shape index (κ2) is 16.8. The Bertz CT molecular complexity index is 2380. The van der Waals surface area contributed by atoms with Crippen LogP contribution >= 0.6 is 11.3 Å². The number of carbonyl (C=O) groups excluding carboxylic acids is 4. The van der Waals surface area contributed by atoms with Crippen LogP contribution in [-0.2, 0) is 29.1 Å². The number of sulfonamides is 1. The van der Waals surface area contributed by atoms with E-state index in [2.05, 4.69) is 27.3 Å². The summed E-state index contributed by atoms with van der Waals surface area (Å²) < 4.78 is 42.0. The number of nitrogens with one attached hydrogen (secondary N) is 3. The Morgan fingerprint density at radius 2 is 1.71 bits per heavy atom. The summed E-state index contributed by atoms with van der Waals surface area (Å²) in [6.45, 7) is 21.8. The maximum atomic E-state index is 14.9. The number of nitrogens with zero attached hydrogens (tertiary/aromatic N) is 4. The minimum Gasteiger partial charge on any atom is -0.459 e. The van der Waals surface area contributed by atoms with E-state index in [0.717, 1.165) is 40.1 Å². The topological polar surface area (TPSA) is 191 Å². The zero-order valence-corrected chi connectivity index (χ0v) is 40.0. The van der Waals surface area contributed by atoms with Crippen molar-refractivity contribution in [1.82, 2.24) is 34.8 Å². The van der Waals surface area contributed by atoms with E-state index in [-0.39, 0.29) is 19.0 Å². The summed E-state index contributed by atoms with van der Waals surface area (Å²) in [5.41, 5.74) is 0.298. The number of hydrogen-bond acceptors (Lipinski definition) is 11. The van der Waals surface area contributed by atoms with E-state index < -0.39 is 85.2 Å². The van der Waals surface area contributed by atoms with Crippen LogP contribution in [0.4, 0.5) is 4.79 Å². The van der Waals surface area contributed by atoms with Crippen LogP contribution in [0.5, 0.6) is 6.01 Å². The van der Waals surface area contributed by atoms with Crippen LogP contribution in [0.3, 0.4) is 0 Å². The molecule has 3 aliphatic carbocycles. The summed E-state index contributed by atoms with van der Waals surface area (Å²) in [4.78, 5) is 68.5. The Balaban J connectivity index is 1.23. The molecule has 4 aliphatic rings. The zero-order valence-electron chi connectivity index (χ0n) is 38.4. The van der Waals surface area contributed by atoms with Gasteiger partial charge in [0, 0.05) is 34.7 Å². The number of imidazole rings is 1. The molecule has 7 rings (SSSR count). The number of para-hydroxylation sites is 1. The Morgan fingerprint density at radius 1 is 1.03 bits per heavy atom. The third-order valence-electron chi connectivity index (χ3n) is 13.2. The first-order chi connectivity index (χ1) is 29.4. The van der Waals surface area contributed by atoms with Crippen LogP contribution in [0, 0.1) is 17.3 Å². The summed E-state index contributed by atoms with van der Waals surface area (Å²) in [5.74, 6) is -2.84. The Labute approximate surface area is 375 Å². The van der Waals surface area contributed by atoms with Crippen LogP contribution in [0.2, 0.25) is 0 Å². The van der Waals surface area contributed by atoms with Crippen molar-refractivity contribution in [2.75, 3.05) is 6.54 Å². The fraction of sp³-hybridized carbons (Fsp3) is 0.652. The third kappa shape index (κ3) is 9.23. The first-order valence-corrected chi connectivity index (χ1v) is 24.7. The maximum Gasteiger partial charge on any atom is 0.408 e. The van der Waals surface area contributed by atoms with E-state index >= 15 is 0 Å². The number of amides is 4. The predicted octanol–water partition coefficient (Wildman–Crippen LogP) is 7.38. The lowest BCUT2D eigenvalue weighted by Gasteiger charge is -2.36. The molecule has 3 aromatic rings. The lowest BCUT2D eigenvalue weighted by Crippen LogP contribution is -2.61. The molecule has 1 unspecified atom stereocenters. The number of benzene rings is 1. The van der Waals surface area contributed by atoms with E-state index in [4.69, 9.17) is 19.4 Å². The molecule has 0 bridgehead atoms. The Hall–Kier alpha value is -4.51. The van der Waals surface area contributed by atoms with Crippen LogP contribution in [-0.4, -0.2) is 92.3 Å². The molecule has 3 heterocycles. The SMILES string of the molecule is C=C[C@@H]1C[C@]1(NC(=O)[C@@H]1C(C)[C@@H](Oc2nc3c(-c4nc(C5CCCCC5)cs4)cccc3n2C(C)C)CN1C(=O)[C@@H](NC(=O)OC(C)(C)C)C(C)(C)C)C(=O)NS(=O)(=O)C1(C)CC1. The van der Waals surface area contributed by atoms with Crippen LogP contribution in [0.25, 0.3) is 21.6 Å². The number of thiazole rings is 1. The Kier molecular flexibility index (Phi) is 12.4. The van der Waals surface area contributed by atoms with Gasteiger partial charge in [-0.15, -0.1) is 17.9 Å². The number of hydrogen-bond donors (Lipinski definition) is 3. The van der Waals surface area contributed by atoms with Gasteiger partial charge in [0.1, 0.15) is 39.9 Å². The molecule has 4 amide bonds. The van der Waals surface area contributed by atoms with E-state index in [1.165, 1.54) is 30.2 Å². The molecule has 15 nitrogen and oxygen atoms in total. The molecule has 1 aliphatic heterocycles. The Morgan fingerprint density at radius 3 is 2.30 bits per heavy atom. The van der Waals surface area contributed by atoms with Crippen molar-refractivity contribution in [2.45, 2.75) is 167 Å². The van der Waals surface area contributed by atoms with E-state index in [0.29, 0.717) is 24.8 Å². The summed E-state index contributed by atoms with van der Waals surface area (Å²) in [6.07, 6.45) is 6.88. The minimum atomic E-state index is -4.03. The van der Waals surface area contributed by atoms with Gasteiger partial charge in [-0.1, -0.05) is 59.1 Å². The molecule has 344 valence electrons. The number of likely N-dealkylation sites (tertiary alicyclic amines) is 1. The van der Waals surface area contributed by atoms with Gasteiger partial charge in [0.05, 0.1) is 22.5 Å². The smallest absolute Gasteiger partial charge is 0.408 e. The van der Waals surface area contributed by atoms with Gasteiger partial charge in [-0.05, 0) is 91.2 Å². The third-order valence-corrected chi connectivity index (χ3v) is 16.3. The van der Waals surface area contributed by atoms with Gasteiger partial charge in [-0.2, -0.15) is 4.98 Å². The number of ether oxygens (including phenoxy) is 2. The molecule has 0 spiro atoms. The van der Waals surface area contributed by atoms with Crippen molar-refractivity contribution in [3.63, 3.8) is 0 Å². The summed E-state index contributed by atoms with van der Waals surface area (Å²) in [5, 5.41) is 8.69. The van der Waals surface area contributed by atoms with Gasteiger partial charge in [0.25, 0.3) is 11.9 Å². The van der Waals surface area contributed by atoms with Gasteiger partial charge in [-0.25, -0.2) is 18.2 Å². The second-order valence-electron chi connectivity index (χ2n) is 20.7. The first kappa shape index (κ1) is 46.5. The quantitative estimate of drug-likeness (QED) is 0.146. The van der Waals surface area contributed by atoms with Crippen molar-refractivity contribution in [1.29, 1.82) is 0 Å². The van der Waals surface area contributed by atoms with Crippen molar-refractivity contribution in [3.8, 4) is 16.6 Å². The predicted molar refractivity (Wildman–Crippen MR) is 243 cm³/mol. The van der Waals surface area contributed by atoms with Gasteiger partial charge >= 0.3 is 6.09 Å². The van der Waals surface area contributed by atoms with Crippen molar-refractivity contribution in [3.05, 3.63) is 41.9 Å². The number of rotatable bonds is 13. The second-order valence-corrected chi connectivity index (χ2v) is 23.8. The molecule has 2 aromatic heterocycles. The summed E-state index contributed by atoms with van der Waals surface area (Å²) in [7, 11) is -4.03. The molecule has 63 heavy (non-hydrogen) atoms. The lowest BCUT2D eigenvalue weighted by atomic mass is 9.85. The number of alkyl carbamates (subject to hydrolysis) is 1. The highest BCUT2D eigenvalue weighted by Gasteiger charge is 2.63. The highest BCUT2D eigenvalue weighted by Crippen LogP contribution is 2.48. The monoisotopic (exact) mass is 907 g/mol. The molecule has 1 saturated heterocycles. The fourth-order valence-electron chi connectivity index (χ4n) is 9.04. The molecular weight excluding hydrogens is 843 g/mol. The van der Waals surface area contributed by atoms with Crippen molar-refractivity contribution in [2.24, 2.45) is 17.3 Å². The van der Waals surface area contributed by atoms with Gasteiger partial charge in [0.15, 0.2) is 0 Å². The van der Waals surface area contributed by atoms with Crippen LogP contribution < -0.4 is 20.1 Å². The van der Waals surface area contributed by atoms with E-state index in [1.54, 1.807) is 66.7 Å². The molecule has 3 N–H and O–H groups in total. The van der Waals surface area contributed by atoms with Gasteiger partial charge in [0.2, 0.25) is 21.8 Å². The highest BCUT2D eigenvalue weighted by molar-refractivity contribution is 7.91. The molecule has 0 radical (unpaired) electrons.